The number of hydrogen-bond acceptors (Lipinski definition) is 7. The third-order valence-corrected chi connectivity index (χ3v) is 10.1. The van der Waals surface area contributed by atoms with Gasteiger partial charge in [0, 0.05) is 75.6 Å². The SMILES string of the molecule is CS(=O)(=O)c1cccc(CN2CCN(C(=O)c3ccc4oc(C(=O)NC5CCN(Cc6ccc(C(F)(F)F)cc6)CC5)cc4c3)CC2)c1. The topological polar surface area (TPSA) is 103 Å². The summed E-state index contributed by atoms with van der Waals surface area (Å²) in [5.74, 6) is -0.278. The average Bonchev–Trinajstić information content (AvgIpc) is 3.49. The molecule has 0 aliphatic carbocycles. The van der Waals surface area contributed by atoms with Crippen LogP contribution in [0.2, 0.25) is 0 Å². The van der Waals surface area contributed by atoms with Gasteiger partial charge in [-0.3, -0.25) is 19.4 Å². The number of piperidine rings is 1. The van der Waals surface area contributed by atoms with Crippen LogP contribution < -0.4 is 5.32 Å². The van der Waals surface area contributed by atoms with Gasteiger partial charge in [-0.05, 0) is 72.5 Å². The minimum absolute atomic E-state index is 0.0611. The van der Waals surface area contributed by atoms with Crippen LogP contribution in [0.4, 0.5) is 13.2 Å². The van der Waals surface area contributed by atoms with E-state index in [4.69, 9.17) is 4.42 Å². The lowest BCUT2D eigenvalue weighted by atomic mass is 10.0. The average molecular weight is 683 g/mol. The Morgan fingerprint density at radius 3 is 2.17 bits per heavy atom. The summed E-state index contributed by atoms with van der Waals surface area (Å²) in [7, 11) is -3.28. The number of halogens is 3. The van der Waals surface area contributed by atoms with Gasteiger partial charge in [-0.25, -0.2) is 8.42 Å². The zero-order valence-electron chi connectivity index (χ0n) is 26.5. The Morgan fingerprint density at radius 2 is 1.50 bits per heavy atom. The van der Waals surface area contributed by atoms with Crippen LogP contribution in [-0.2, 0) is 29.1 Å². The summed E-state index contributed by atoms with van der Waals surface area (Å²) in [6, 6.07) is 18.9. The highest BCUT2D eigenvalue weighted by atomic mass is 32.2. The van der Waals surface area contributed by atoms with Crippen molar-refractivity contribution in [3.8, 4) is 0 Å². The number of likely N-dealkylation sites (tertiary alicyclic amines) is 1. The first-order valence-corrected chi connectivity index (χ1v) is 17.7. The van der Waals surface area contributed by atoms with E-state index in [-0.39, 0.29) is 23.6 Å². The third kappa shape index (κ3) is 8.08. The highest BCUT2D eigenvalue weighted by molar-refractivity contribution is 7.90. The number of sulfone groups is 1. The van der Waals surface area contributed by atoms with Gasteiger partial charge in [0.1, 0.15) is 5.58 Å². The fourth-order valence-electron chi connectivity index (χ4n) is 6.26. The maximum absolute atomic E-state index is 13.3. The van der Waals surface area contributed by atoms with Crippen LogP contribution in [0.15, 0.2) is 82.1 Å². The molecule has 0 spiro atoms. The number of carbonyl (C=O) groups is 2. The molecule has 3 heterocycles. The second-order valence-corrected chi connectivity index (χ2v) is 14.6. The Labute approximate surface area is 277 Å². The summed E-state index contributed by atoms with van der Waals surface area (Å²) in [5.41, 5.74) is 2.06. The quantitative estimate of drug-likeness (QED) is 0.272. The number of alkyl halides is 3. The van der Waals surface area contributed by atoms with Gasteiger partial charge in [0.25, 0.3) is 11.8 Å². The number of fused-ring (bicyclic) bond motifs is 1. The van der Waals surface area contributed by atoms with Crippen LogP contribution in [0.25, 0.3) is 11.0 Å². The van der Waals surface area contributed by atoms with Crippen LogP contribution >= 0.6 is 0 Å². The summed E-state index contributed by atoms with van der Waals surface area (Å²) in [5, 5.41) is 3.69. The Balaban J connectivity index is 0.987. The van der Waals surface area contributed by atoms with E-state index in [1.165, 1.54) is 18.4 Å². The van der Waals surface area contributed by atoms with Crippen LogP contribution in [0.1, 0.15) is 50.4 Å². The maximum atomic E-state index is 13.3. The molecule has 2 aliphatic heterocycles. The molecule has 4 aromatic rings. The Bertz CT molecular complexity index is 1890. The van der Waals surface area contributed by atoms with Gasteiger partial charge in [-0.15, -0.1) is 0 Å². The van der Waals surface area contributed by atoms with E-state index in [0.717, 1.165) is 23.3 Å². The van der Waals surface area contributed by atoms with Gasteiger partial charge in [0.15, 0.2) is 15.6 Å². The van der Waals surface area contributed by atoms with E-state index in [1.807, 2.05) is 6.07 Å². The maximum Gasteiger partial charge on any atom is 0.416 e. The van der Waals surface area contributed by atoms with Gasteiger partial charge < -0.3 is 14.6 Å². The minimum Gasteiger partial charge on any atom is -0.451 e. The van der Waals surface area contributed by atoms with Crippen LogP contribution in [0, 0.1) is 0 Å². The van der Waals surface area contributed by atoms with Crippen molar-refractivity contribution in [2.75, 3.05) is 45.5 Å². The van der Waals surface area contributed by atoms with Crippen LogP contribution in [0.5, 0.6) is 0 Å². The van der Waals surface area contributed by atoms with Crippen molar-refractivity contribution in [2.24, 2.45) is 0 Å². The van der Waals surface area contributed by atoms with E-state index < -0.39 is 21.6 Å². The van der Waals surface area contributed by atoms with E-state index in [9.17, 15) is 31.2 Å². The fourth-order valence-corrected chi connectivity index (χ4v) is 6.95. The first-order valence-electron chi connectivity index (χ1n) is 15.9. The Hall–Kier alpha value is -4.20. The number of benzene rings is 3. The Kier molecular flexibility index (Phi) is 9.64. The minimum atomic E-state index is -4.35. The molecule has 0 bridgehead atoms. The zero-order valence-corrected chi connectivity index (χ0v) is 27.3. The number of nitrogens with zero attached hydrogens (tertiary/aromatic N) is 3. The van der Waals surface area contributed by atoms with E-state index >= 15 is 0 Å². The standard InChI is InChI=1S/C35H37F3N4O5S/c1-48(45,46)30-4-2-3-25(19-30)23-41-15-17-42(18-16-41)34(44)26-7-10-31-27(20-26)21-32(47-31)33(43)39-29-11-13-40(14-12-29)22-24-5-8-28(9-6-24)35(36,37)38/h2-10,19-21,29H,11-18,22-23H2,1H3,(H,39,43). The molecule has 6 rings (SSSR count). The number of piperazine rings is 1. The molecule has 0 atom stereocenters. The summed E-state index contributed by atoms with van der Waals surface area (Å²) in [6.07, 6.45) is -1.76. The van der Waals surface area contributed by atoms with Crippen LogP contribution in [0.3, 0.4) is 0 Å². The molecule has 2 saturated heterocycles. The highest BCUT2D eigenvalue weighted by Crippen LogP contribution is 2.29. The van der Waals surface area contributed by atoms with Crippen molar-refractivity contribution in [1.29, 1.82) is 0 Å². The van der Waals surface area contributed by atoms with Crippen molar-refractivity contribution in [3.05, 3.63) is 101 Å². The van der Waals surface area contributed by atoms with Crippen molar-refractivity contribution in [2.45, 2.75) is 43.0 Å². The number of furan rings is 1. The van der Waals surface area contributed by atoms with E-state index in [0.29, 0.717) is 86.6 Å². The van der Waals surface area contributed by atoms with Crippen molar-refractivity contribution in [1.82, 2.24) is 20.0 Å². The number of rotatable bonds is 8. The van der Waals surface area contributed by atoms with E-state index in [2.05, 4.69) is 15.1 Å². The van der Waals surface area contributed by atoms with E-state index in [1.54, 1.807) is 47.4 Å². The van der Waals surface area contributed by atoms with Crippen LogP contribution in [-0.4, -0.2) is 86.5 Å². The largest absolute Gasteiger partial charge is 0.451 e. The van der Waals surface area contributed by atoms with Crippen molar-refractivity contribution >= 4 is 32.6 Å². The molecule has 3 aromatic carbocycles. The summed E-state index contributed by atoms with van der Waals surface area (Å²) < 4.78 is 68.2. The first-order chi connectivity index (χ1) is 22.8. The molecule has 0 unspecified atom stereocenters. The number of carbonyl (C=O) groups excluding carboxylic acids is 2. The second-order valence-electron chi connectivity index (χ2n) is 12.6. The fraction of sp³-hybridized carbons (Fsp3) is 0.371. The molecule has 13 heteroatoms. The predicted molar refractivity (Wildman–Crippen MR) is 174 cm³/mol. The highest BCUT2D eigenvalue weighted by Gasteiger charge is 2.30. The lowest BCUT2D eigenvalue weighted by Crippen LogP contribution is -2.48. The molecule has 254 valence electrons. The molecule has 48 heavy (non-hydrogen) atoms. The predicted octanol–water partition coefficient (Wildman–Crippen LogP) is 5.21. The number of amides is 2. The molecular formula is C35H37F3N4O5S. The number of hydrogen-bond donors (Lipinski definition) is 1. The molecule has 2 fully saturated rings. The molecule has 1 N–H and O–H groups in total. The normalized spacial score (nSPS) is 17.1. The molecular weight excluding hydrogens is 645 g/mol. The molecule has 9 nitrogen and oxygen atoms in total. The van der Waals surface area contributed by atoms with Crippen molar-refractivity contribution in [3.63, 3.8) is 0 Å². The molecule has 1 aromatic heterocycles. The summed E-state index contributed by atoms with van der Waals surface area (Å²) >= 11 is 0. The molecule has 0 radical (unpaired) electrons. The second kappa shape index (κ2) is 13.7. The summed E-state index contributed by atoms with van der Waals surface area (Å²) in [6.45, 7) is 4.90. The molecule has 2 aliphatic rings. The third-order valence-electron chi connectivity index (χ3n) is 8.99. The Morgan fingerprint density at radius 1 is 0.833 bits per heavy atom. The van der Waals surface area contributed by atoms with Gasteiger partial charge >= 0.3 is 6.18 Å². The monoisotopic (exact) mass is 682 g/mol. The molecule has 2 amide bonds. The molecule has 0 saturated carbocycles. The zero-order chi connectivity index (χ0) is 34.1. The smallest absolute Gasteiger partial charge is 0.416 e. The van der Waals surface area contributed by atoms with Gasteiger partial charge in [-0.1, -0.05) is 24.3 Å². The lowest BCUT2D eigenvalue weighted by molar-refractivity contribution is -0.137. The van der Waals surface area contributed by atoms with Gasteiger partial charge in [0.05, 0.1) is 10.5 Å². The van der Waals surface area contributed by atoms with Gasteiger partial charge in [-0.2, -0.15) is 13.2 Å². The summed E-state index contributed by atoms with van der Waals surface area (Å²) in [4.78, 5) is 32.8. The number of nitrogens with one attached hydrogen (secondary N) is 1. The van der Waals surface area contributed by atoms with Gasteiger partial charge in [0.2, 0.25) is 0 Å². The lowest BCUT2D eigenvalue weighted by Gasteiger charge is -2.34. The van der Waals surface area contributed by atoms with Crippen molar-refractivity contribution < 1.29 is 35.6 Å². The first kappa shape index (κ1) is 33.7.